The van der Waals surface area contributed by atoms with Crippen molar-refractivity contribution >= 4 is 25.9 Å². The van der Waals surface area contributed by atoms with Gasteiger partial charge >= 0.3 is 25.8 Å². The largest absolute Gasteiger partial charge is 0.694 e. The van der Waals surface area contributed by atoms with Crippen molar-refractivity contribution in [2.45, 2.75) is 52.1 Å². The molecule has 0 aliphatic carbocycles. The summed E-state index contributed by atoms with van der Waals surface area (Å²) in [5, 5.41) is 2.37. The Morgan fingerprint density at radius 2 is 2.00 bits per heavy atom. The summed E-state index contributed by atoms with van der Waals surface area (Å²) >= 11 is 0. The van der Waals surface area contributed by atoms with Gasteiger partial charge in [0.1, 0.15) is 18.5 Å². The normalized spacial score (nSPS) is 23.1. The van der Waals surface area contributed by atoms with Gasteiger partial charge in [-0.2, -0.15) is 13.8 Å². The van der Waals surface area contributed by atoms with E-state index in [2.05, 4.69) is 14.8 Å². The van der Waals surface area contributed by atoms with Crippen molar-refractivity contribution in [1.29, 1.82) is 0 Å². The van der Waals surface area contributed by atoms with Gasteiger partial charge in [0, 0.05) is 16.7 Å². The van der Waals surface area contributed by atoms with Gasteiger partial charge in [0.25, 0.3) is 0 Å². The summed E-state index contributed by atoms with van der Waals surface area (Å²) in [6.07, 6.45) is -5.12. The molecule has 0 spiro atoms. The minimum Gasteiger partial charge on any atom is -0.453 e. The van der Waals surface area contributed by atoms with Crippen molar-refractivity contribution in [3.05, 3.63) is 22.7 Å². The van der Waals surface area contributed by atoms with Gasteiger partial charge in [0.2, 0.25) is 12.1 Å². The second kappa shape index (κ2) is 9.86. The molecule has 1 saturated heterocycles. The Hall–Kier alpha value is -2.34. The van der Waals surface area contributed by atoms with Crippen LogP contribution in [-0.4, -0.2) is 51.1 Å². The highest BCUT2D eigenvalue weighted by molar-refractivity contribution is 7.32. The number of hydrogen-bond donors (Lipinski definition) is 2. The lowest BCUT2D eigenvalue weighted by molar-refractivity contribution is -0.179. The minimum absolute atomic E-state index is 0.138. The van der Waals surface area contributed by atoms with Gasteiger partial charge in [0.15, 0.2) is 6.10 Å². The molecule has 2 rings (SSSR count). The lowest BCUT2D eigenvalue weighted by Gasteiger charge is -2.24. The molecule has 1 aromatic heterocycles. The highest BCUT2D eigenvalue weighted by atomic mass is 31.1. The Balaban J connectivity index is 2.34. The van der Waals surface area contributed by atoms with E-state index < -0.39 is 68.6 Å². The van der Waals surface area contributed by atoms with Crippen LogP contribution in [0.2, 0.25) is 0 Å². The molecule has 1 amide bonds. The van der Waals surface area contributed by atoms with Crippen molar-refractivity contribution in [3.8, 4) is 0 Å². The van der Waals surface area contributed by atoms with Crippen LogP contribution in [0.5, 0.6) is 0 Å². The molecule has 1 aliphatic rings. The van der Waals surface area contributed by atoms with Crippen LogP contribution in [0, 0.1) is 11.8 Å². The molecule has 0 saturated carbocycles. The van der Waals surface area contributed by atoms with Gasteiger partial charge in [-0.15, -0.1) is 9.42 Å². The maximum atomic E-state index is 15.1. The molecule has 11 nitrogen and oxygen atoms in total. The minimum atomic E-state index is -3.91. The van der Waals surface area contributed by atoms with Gasteiger partial charge in [-0.3, -0.25) is 14.2 Å². The van der Waals surface area contributed by atoms with Crippen LogP contribution in [0.15, 0.2) is 17.1 Å². The number of rotatable bonds is 8. The molecule has 0 bridgehead atoms. The number of alkyl halides is 2. The third kappa shape index (κ3) is 5.88. The molecule has 1 aliphatic heterocycles. The Labute approximate surface area is 176 Å². The molecule has 0 radical (unpaired) electrons. The van der Waals surface area contributed by atoms with Gasteiger partial charge in [-0.05, 0) is 6.07 Å². The zero-order valence-corrected chi connectivity index (χ0v) is 18.0. The van der Waals surface area contributed by atoms with Crippen LogP contribution in [0.1, 0.15) is 33.9 Å². The topological polar surface area (TPSA) is 146 Å². The number of ether oxygens (including phenoxy) is 2. The van der Waals surface area contributed by atoms with E-state index in [0.29, 0.717) is 4.57 Å². The highest BCUT2D eigenvalue weighted by Crippen LogP contribution is 2.44. The Kier molecular flexibility index (Phi) is 7.93. The molecule has 4 atom stereocenters. The number of nitrogens with one attached hydrogen (secondary N) is 1. The van der Waals surface area contributed by atoms with Crippen molar-refractivity contribution in [3.63, 3.8) is 0 Å². The zero-order chi connectivity index (χ0) is 23.5. The number of esters is 1. The molecule has 1 fully saturated rings. The summed E-state index contributed by atoms with van der Waals surface area (Å²) in [6, 6.07) is 1.13. The van der Waals surface area contributed by atoms with Gasteiger partial charge < -0.3 is 14.8 Å². The second-order valence-corrected chi connectivity index (χ2v) is 8.13. The van der Waals surface area contributed by atoms with E-state index in [1.165, 1.54) is 13.8 Å². The van der Waals surface area contributed by atoms with Crippen molar-refractivity contribution < 1.29 is 41.8 Å². The van der Waals surface area contributed by atoms with Crippen LogP contribution in [-0.2, 0) is 28.2 Å². The maximum Gasteiger partial charge on any atom is 0.694 e. The number of hydrogen-bond acceptors (Lipinski definition) is 8. The molecule has 172 valence electrons. The number of carbonyl (C=O) groups excluding carboxylic acids is 2. The monoisotopic (exact) mass is 466 g/mol. The number of anilines is 1. The van der Waals surface area contributed by atoms with E-state index in [1.54, 1.807) is 13.8 Å². The highest BCUT2D eigenvalue weighted by Gasteiger charge is 2.63. The number of aromatic nitrogens is 2. The third-order valence-electron chi connectivity index (χ3n) is 4.27. The van der Waals surface area contributed by atoms with Crippen LogP contribution < -0.4 is 11.0 Å². The van der Waals surface area contributed by atoms with Crippen molar-refractivity contribution in [1.82, 2.24) is 9.55 Å². The fraction of sp³-hybridized carbons (Fsp3) is 0.647. The lowest BCUT2D eigenvalue weighted by atomic mass is 10.1. The molecule has 2 unspecified atom stereocenters. The predicted octanol–water partition coefficient (Wildman–Crippen LogP) is 1.60. The molecular weight excluding hydrogens is 443 g/mol. The summed E-state index contributed by atoms with van der Waals surface area (Å²) in [5.41, 5.74) is -1.16. The summed E-state index contributed by atoms with van der Waals surface area (Å²) in [7, 11) is -3.13. The fourth-order valence-corrected chi connectivity index (χ4v) is 2.85. The van der Waals surface area contributed by atoms with Gasteiger partial charge in [0.05, 0.1) is 5.92 Å². The lowest BCUT2D eigenvalue weighted by Crippen LogP contribution is -2.45. The van der Waals surface area contributed by atoms with Gasteiger partial charge in [-0.25, -0.2) is 4.79 Å². The molecule has 2 heterocycles. The van der Waals surface area contributed by atoms with Gasteiger partial charge in [-0.1, -0.05) is 27.7 Å². The summed E-state index contributed by atoms with van der Waals surface area (Å²) in [5.74, 6) is -6.57. The summed E-state index contributed by atoms with van der Waals surface area (Å²) in [6.45, 7) is 5.30. The summed E-state index contributed by atoms with van der Waals surface area (Å²) in [4.78, 5) is 48.3. The quantitative estimate of drug-likeness (QED) is 0.431. The first-order chi connectivity index (χ1) is 14.3. The third-order valence-corrected chi connectivity index (χ3v) is 4.64. The SMILES string of the molecule is CC(C)C(=O)Nc1ccn([C@@H]2O[C@H](CO[P+](=O)O)C(OC(=O)C(C)C)C2(F)F)c(=O)n1. The fourth-order valence-electron chi connectivity index (χ4n) is 2.58. The Morgan fingerprint density at radius 1 is 1.35 bits per heavy atom. The molecule has 0 aromatic carbocycles. The molecular formula is C17H23F2N3O8P+. The van der Waals surface area contributed by atoms with E-state index in [-0.39, 0.29) is 5.82 Å². The van der Waals surface area contributed by atoms with Crippen LogP contribution in [0.3, 0.4) is 0 Å². The number of halogens is 2. The zero-order valence-electron chi connectivity index (χ0n) is 17.2. The second-order valence-electron chi connectivity index (χ2n) is 7.39. The number of carbonyl (C=O) groups is 2. The molecule has 31 heavy (non-hydrogen) atoms. The molecule has 2 N–H and O–H groups in total. The smallest absolute Gasteiger partial charge is 0.453 e. The van der Waals surface area contributed by atoms with Crippen molar-refractivity contribution in [2.75, 3.05) is 11.9 Å². The maximum absolute atomic E-state index is 15.1. The van der Waals surface area contributed by atoms with E-state index in [4.69, 9.17) is 14.4 Å². The van der Waals surface area contributed by atoms with Crippen LogP contribution in [0.25, 0.3) is 0 Å². The van der Waals surface area contributed by atoms with Crippen molar-refractivity contribution in [2.24, 2.45) is 11.8 Å². The average Bonchev–Trinajstić information content (AvgIpc) is 2.90. The predicted molar refractivity (Wildman–Crippen MR) is 101 cm³/mol. The Morgan fingerprint density at radius 3 is 2.52 bits per heavy atom. The first-order valence-electron chi connectivity index (χ1n) is 9.27. The van der Waals surface area contributed by atoms with E-state index in [1.807, 2.05) is 0 Å². The van der Waals surface area contributed by atoms with Crippen LogP contribution >= 0.6 is 8.25 Å². The first kappa shape index (κ1) is 24.9. The van der Waals surface area contributed by atoms with Crippen LogP contribution in [0.4, 0.5) is 14.6 Å². The first-order valence-corrected chi connectivity index (χ1v) is 10.4. The van der Waals surface area contributed by atoms with E-state index in [9.17, 15) is 18.9 Å². The standard InChI is InChI=1S/C17H22F2N3O8P/c1-8(2)13(23)20-11-5-6-22(16(25)21-11)15-17(18,19)12(30-14(24)9(3)4)10(29-15)7-28-31(26)27/h5-6,8-10,12,15H,7H2,1-4H3,(H-,20,21,23,25,26,27)/p+1/t10-,12?,15-/m1/s1. The van der Waals surface area contributed by atoms with E-state index >= 15 is 8.78 Å². The number of nitrogens with zero attached hydrogens (tertiary/aromatic N) is 2. The Bertz CT molecular complexity index is 908. The molecule has 1 aromatic rings. The number of amides is 1. The summed E-state index contributed by atoms with van der Waals surface area (Å²) < 4.78 is 56.0. The molecule has 14 heteroatoms. The van der Waals surface area contributed by atoms with E-state index in [0.717, 1.165) is 12.3 Å². The average molecular weight is 466 g/mol.